The first-order valence-corrected chi connectivity index (χ1v) is 6.08. The van der Waals surface area contributed by atoms with E-state index < -0.39 is 0 Å². The molecule has 0 aliphatic carbocycles. The second kappa shape index (κ2) is 5.35. The average Bonchev–Trinajstić information content (AvgIpc) is 2.33. The predicted octanol–water partition coefficient (Wildman–Crippen LogP) is 3.96. The molecule has 1 unspecified atom stereocenters. The zero-order valence-corrected chi connectivity index (χ0v) is 10.8. The van der Waals surface area contributed by atoms with Gasteiger partial charge in [0.1, 0.15) is 0 Å². The summed E-state index contributed by atoms with van der Waals surface area (Å²) in [7, 11) is 1.96. The van der Waals surface area contributed by atoms with Gasteiger partial charge in [-0.2, -0.15) is 0 Å². The van der Waals surface area contributed by atoms with Gasteiger partial charge in [0, 0.05) is 5.02 Å². The van der Waals surface area contributed by atoms with E-state index in [-0.39, 0.29) is 6.04 Å². The lowest BCUT2D eigenvalue weighted by Crippen LogP contribution is -2.17. The fourth-order valence-corrected chi connectivity index (χ4v) is 2.17. The fourth-order valence-electron chi connectivity index (χ4n) is 1.97. The summed E-state index contributed by atoms with van der Waals surface area (Å²) >= 11 is 6.03. The molecule has 2 rings (SSSR count). The lowest BCUT2D eigenvalue weighted by atomic mass is 9.98. The highest BCUT2D eigenvalue weighted by molar-refractivity contribution is 6.30. The maximum absolute atomic E-state index is 6.03. The van der Waals surface area contributed by atoms with Crippen LogP contribution in [0, 0.1) is 6.92 Å². The molecule has 2 aromatic rings. The molecular formula is C15H16ClN. The van der Waals surface area contributed by atoms with Crippen molar-refractivity contribution in [2.45, 2.75) is 13.0 Å². The topological polar surface area (TPSA) is 12.0 Å². The van der Waals surface area contributed by atoms with Crippen molar-refractivity contribution in [2.75, 3.05) is 7.05 Å². The van der Waals surface area contributed by atoms with Crippen molar-refractivity contribution in [1.29, 1.82) is 0 Å². The number of hydrogen-bond acceptors (Lipinski definition) is 1. The molecule has 0 aromatic heterocycles. The highest BCUT2D eigenvalue weighted by Crippen LogP contribution is 2.24. The van der Waals surface area contributed by atoms with Crippen molar-refractivity contribution >= 4 is 11.6 Å². The minimum absolute atomic E-state index is 0.189. The Balaban J connectivity index is 2.36. The molecule has 0 aliphatic rings. The molecule has 0 saturated heterocycles. The summed E-state index contributed by atoms with van der Waals surface area (Å²) in [5, 5.41) is 4.10. The molecule has 1 nitrogen and oxygen atoms in total. The minimum atomic E-state index is 0.189. The van der Waals surface area contributed by atoms with Gasteiger partial charge in [0.05, 0.1) is 6.04 Å². The summed E-state index contributed by atoms with van der Waals surface area (Å²) in [6, 6.07) is 16.7. The van der Waals surface area contributed by atoms with Gasteiger partial charge < -0.3 is 5.32 Å². The second-order valence-corrected chi connectivity index (χ2v) is 4.62. The number of rotatable bonds is 3. The van der Waals surface area contributed by atoms with E-state index in [0.29, 0.717) is 0 Å². The first-order valence-electron chi connectivity index (χ1n) is 5.70. The summed E-state index contributed by atoms with van der Waals surface area (Å²) in [5.74, 6) is 0. The van der Waals surface area contributed by atoms with Crippen LogP contribution in [0.4, 0.5) is 0 Å². The Hall–Kier alpha value is -1.31. The first-order chi connectivity index (χ1) is 8.20. The highest BCUT2D eigenvalue weighted by atomic mass is 35.5. The standard InChI is InChI=1S/C15H16ClN/c1-11-6-8-12(9-7-11)15(17-2)13-4-3-5-14(16)10-13/h3-10,15,17H,1-2H3. The molecule has 2 heteroatoms. The molecule has 0 spiro atoms. The Morgan fingerprint density at radius 1 is 1.00 bits per heavy atom. The lowest BCUT2D eigenvalue weighted by Gasteiger charge is -2.17. The summed E-state index contributed by atoms with van der Waals surface area (Å²) in [5.41, 5.74) is 3.71. The van der Waals surface area contributed by atoms with Crippen molar-refractivity contribution < 1.29 is 0 Å². The molecule has 0 radical (unpaired) electrons. The van der Waals surface area contributed by atoms with E-state index in [2.05, 4.69) is 42.6 Å². The Labute approximate surface area is 107 Å². The molecule has 0 heterocycles. The van der Waals surface area contributed by atoms with Crippen LogP contribution in [-0.2, 0) is 0 Å². The molecule has 0 amide bonds. The summed E-state index contributed by atoms with van der Waals surface area (Å²) < 4.78 is 0. The van der Waals surface area contributed by atoms with Gasteiger partial charge in [-0.3, -0.25) is 0 Å². The largest absolute Gasteiger partial charge is 0.309 e. The SMILES string of the molecule is CNC(c1ccc(C)cc1)c1cccc(Cl)c1. The van der Waals surface area contributed by atoms with Gasteiger partial charge in [-0.15, -0.1) is 0 Å². The van der Waals surface area contributed by atoms with Crippen LogP contribution in [0.15, 0.2) is 48.5 Å². The smallest absolute Gasteiger partial charge is 0.0574 e. The molecular weight excluding hydrogens is 230 g/mol. The lowest BCUT2D eigenvalue weighted by molar-refractivity contribution is 0.692. The van der Waals surface area contributed by atoms with Gasteiger partial charge in [0.2, 0.25) is 0 Å². The quantitative estimate of drug-likeness (QED) is 0.863. The monoisotopic (exact) mass is 245 g/mol. The molecule has 0 bridgehead atoms. The van der Waals surface area contributed by atoms with Gasteiger partial charge in [-0.05, 0) is 37.2 Å². The van der Waals surface area contributed by atoms with Gasteiger partial charge in [-0.25, -0.2) is 0 Å². The van der Waals surface area contributed by atoms with Gasteiger partial charge in [0.15, 0.2) is 0 Å². The average molecular weight is 246 g/mol. The number of halogens is 1. The van der Waals surface area contributed by atoms with E-state index in [1.165, 1.54) is 16.7 Å². The molecule has 0 saturated carbocycles. The normalized spacial score (nSPS) is 12.4. The molecule has 1 N–H and O–H groups in total. The molecule has 0 fully saturated rings. The molecule has 2 aromatic carbocycles. The van der Waals surface area contributed by atoms with Crippen LogP contribution in [0.5, 0.6) is 0 Å². The third-order valence-corrected chi connectivity index (χ3v) is 3.12. The Bertz CT molecular complexity index is 491. The number of benzene rings is 2. The number of aryl methyl sites for hydroxylation is 1. The van der Waals surface area contributed by atoms with E-state index in [1.54, 1.807) is 0 Å². The van der Waals surface area contributed by atoms with Gasteiger partial charge in [0.25, 0.3) is 0 Å². The Morgan fingerprint density at radius 3 is 2.29 bits per heavy atom. The summed E-state index contributed by atoms with van der Waals surface area (Å²) in [6.07, 6.45) is 0. The van der Waals surface area contributed by atoms with Crippen LogP contribution in [-0.4, -0.2) is 7.05 Å². The fraction of sp³-hybridized carbons (Fsp3) is 0.200. The molecule has 17 heavy (non-hydrogen) atoms. The second-order valence-electron chi connectivity index (χ2n) is 4.19. The molecule has 0 aliphatic heterocycles. The third-order valence-electron chi connectivity index (χ3n) is 2.88. The van der Waals surface area contributed by atoms with Crippen LogP contribution in [0.1, 0.15) is 22.7 Å². The minimum Gasteiger partial charge on any atom is -0.309 e. The number of hydrogen-bond donors (Lipinski definition) is 1. The maximum atomic E-state index is 6.03. The van der Waals surface area contributed by atoms with E-state index in [0.717, 1.165) is 5.02 Å². The Morgan fingerprint density at radius 2 is 1.71 bits per heavy atom. The summed E-state index contributed by atoms with van der Waals surface area (Å²) in [6.45, 7) is 2.09. The van der Waals surface area contributed by atoms with Crippen LogP contribution in [0.25, 0.3) is 0 Å². The van der Waals surface area contributed by atoms with Crippen molar-refractivity contribution in [2.24, 2.45) is 0 Å². The maximum Gasteiger partial charge on any atom is 0.0574 e. The molecule has 1 atom stereocenters. The van der Waals surface area contributed by atoms with Gasteiger partial charge in [-0.1, -0.05) is 53.6 Å². The van der Waals surface area contributed by atoms with Crippen molar-refractivity contribution in [3.63, 3.8) is 0 Å². The van der Waals surface area contributed by atoms with Crippen LogP contribution in [0.2, 0.25) is 5.02 Å². The van der Waals surface area contributed by atoms with E-state index in [4.69, 9.17) is 11.6 Å². The predicted molar refractivity (Wildman–Crippen MR) is 73.5 cm³/mol. The van der Waals surface area contributed by atoms with Gasteiger partial charge >= 0.3 is 0 Å². The van der Waals surface area contributed by atoms with Crippen LogP contribution in [0.3, 0.4) is 0 Å². The van der Waals surface area contributed by atoms with E-state index >= 15 is 0 Å². The van der Waals surface area contributed by atoms with Crippen LogP contribution < -0.4 is 5.32 Å². The third kappa shape index (κ3) is 2.87. The van der Waals surface area contributed by atoms with E-state index in [1.807, 2.05) is 25.2 Å². The zero-order valence-electron chi connectivity index (χ0n) is 10.1. The van der Waals surface area contributed by atoms with Crippen LogP contribution >= 0.6 is 11.6 Å². The van der Waals surface area contributed by atoms with E-state index in [9.17, 15) is 0 Å². The number of nitrogens with one attached hydrogen (secondary N) is 1. The zero-order chi connectivity index (χ0) is 12.3. The molecule has 88 valence electrons. The highest BCUT2D eigenvalue weighted by Gasteiger charge is 2.11. The van der Waals surface area contributed by atoms with Crippen molar-refractivity contribution in [1.82, 2.24) is 5.32 Å². The Kier molecular flexibility index (Phi) is 3.82. The van der Waals surface area contributed by atoms with Crippen molar-refractivity contribution in [3.05, 3.63) is 70.2 Å². The van der Waals surface area contributed by atoms with Crippen molar-refractivity contribution in [3.8, 4) is 0 Å². The first kappa shape index (κ1) is 12.2. The summed E-state index contributed by atoms with van der Waals surface area (Å²) in [4.78, 5) is 0.